The maximum Gasteiger partial charge on any atom is 0.118 e. The van der Waals surface area contributed by atoms with E-state index in [2.05, 4.69) is 21.0 Å². The molecule has 1 heterocycles. The number of rotatable bonds is 5. The van der Waals surface area contributed by atoms with E-state index in [1.807, 2.05) is 65.5 Å². The molecule has 0 atom stereocenters. The van der Waals surface area contributed by atoms with E-state index < -0.39 is 0 Å². The van der Waals surface area contributed by atoms with Gasteiger partial charge in [0.2, 0.25) is 0 Å². The van der Waals surface area contributed by atoms with Gasteiger partial charge in [-0.05, 0) is 41.5 Å². The monoisotopic (exact) mass is 388 g/mol. The number of ether oxygens (including phenoxy) is 2. The van der Waals surface area contributed by atoms with Gasteiger partial charge in [-0.1, -0.05) is 40.2 Å². The van der Waals surface area contributed by atoms with Crippen LogP contribution in [0.3, 0.4) is 0 Å². The molecular formula is C19H21BrN2O2. The fourth-order valence-corrected chi connectivity index (χ4v) is 2.40. The van der Waals surface area contributed by atoms with E-state index in [4.69, 9.17) is 9.47 Å². The summed E-state index contributed by atoms with van der Waals surface area (Å²) in [6.45, 7) is 0.803. The van der Waals surface area contributed by atoms with Crippen LogP contribution >= 0.6 is 15.9 Å². The summed E-state index contributed by atoms with van der Waals surface area (Å²) in [6, 6.07) is 17.9. The molecule has 0 N–H and O–H groups in total. The van der Waals surface area contributed by atoms with E-state index in [1.165, 1.54) is 11.1 Å². The van der Waals surface area contributed by atoms with Crippen LogP contribution in [-0.2, 0) is 11.9 Å². The van der Waals surface area contributed by atoms with Gasteiger partial charge in [0, 0.05) is 17.7 Å². The highest BCUT2D eigenvalue weighted by molar-refractivity contribution is 9.08. The minimum Gasteiger partial charge on any atom is -0.497 e. The van der Waals surface area contributed by atoms with Gasteiger partial charge in [0.05, 0.1) is 20.8 Å². The van der Waals surface area contributed by atoms with Crippen LogP contribution in [0.25, 0.3) is 0 Å². The van der Waals surface area contributed by atoms with Crippen LogP contribution in [0.5, 0.6) is 11.5 Å². The first kappa shape index (κ1) is 18.1. The third kappa shape index (κ3) is 5.74. The van der Waals surface area contributed by atoms with Crippen molar-refractivity contribution in [3.63, 3.8) is 0 Å². The van der Waals surface area contributed by atoms with E-state index in [1.54, 1.807) is 20.4 Å². The lowest BCUT2D eigenvalue weighted by atomic mass is 10.2. The second-order valence-electron chi connectivity index (χ2n) is 5.03. The summed E-state index contributed by atoms with van der Waals surface area (Å²) in [7, 11) is 3.34. The first-order valence-electron chi connectivity index (χ1n) is 7.54. The van der Waals surface area contributed by atoms with Crippen molar-refractivity contribution in [2.45, 2.75) is 11.9 Å². The van der Waals surface area contributed by atoms with Crippen molar-refractivity contribution in [3.05, 3.63) is 78.1 Å². The van der Waals surface area contributed by atoms with E-state index in [0.29, 0.717) is 0 Å². The van der Waals surface area contributed by atoms with Crippen LogP contribution in [0.15, 0.2) is 67.0 Å². The predicted octanol–water partition coefficient (Wildman–Crippen LogP) is 4.53. The molecule has 2 aromatic carbocycles. The Kier molecular flexibility index (Phi) is 7.36. The van der Waals surface area contributed by atoms with Crippen molar-refractivity contribution in [1.82, 2.24) is 9.78 Å². The van der Waals surface area contributed by atoms with Gasteiger partial charge in [0.25, 0.3) is 0 Å². The molecule has 0 fully saturated rings. The highest BCUT2D eigenvalue weighted by Gasteiger charge is 1.95. The molecule has 0 saturated heterocycles. The molecule has 3 rings (SSSR count). The Bertz CT molecular complexity index is 672. The third-order valence-electron chi connectivity index (χ3n) is 3.38. The summed E-state index contributed by atoms with van der Waals surface area (Å²) in [5.74, 6) is 1.79. The molecule has 0 aliphatic rings. The standard InChI is InChI=1S/C11H12N2O.C8H9BrO/c1-14-11-5-3-10(4-6-11)9-13-8-2-7-12-13;1-10-8-4-2-7(6-9)3-5-8/h2-8H,9H2,1H3;2-5H,6H2,1H3. The molecule has 0 amide bonds. The SMILES string of the molecule is COc1ccc(CBr)cc1.COc1ccc(Cn2cccn2)cc1. The molecule has 1 aromatic heterocycles. The first-order chi connectivity index (χ1) is 11.7. The Morgan fingerprint density at radius 1 is 0.875 bits per heavy atom. The van der Waals surface area contributed by atoms with Gasteiger partial charge in [0.1, 0.15) is 11.5 Å². The molecular weight excluding hydrogens is 368 g/mol. The van der Waals surface area contributed by atoms with Crippen molar-refractivity contribution in [1.29, 1.82) is 0 Å². The molecule has 0 radical (unpaired) electrons. The lowest BCUT2D eigenvalue weighted by molar-refractivity contribution is 0.414. The minimum atomic E-state index is 0.803. The van der Waals surface area contributed by atoms with E-state index in [-0.39, 0.29) is 0 Å². The third-order valence-corrected chi connectivity index (χ3v) is 4.02. The summed E-state index contributed by atoms with van der Waals surface area (Å²) < 4.78 is 12.0. The van der Waals surface area contributed by atoms with Crippen LogP contribution in [0.4, 0.5) is 0 Å². The molecule has 0 saturated carbocycles. The second kappa shape index (κ2) is 9.78. The number of hydrogen-bond donors (Lipinski definition) is 0. The molecule has 0 bridgehead atoms. The quantitative estimate of drug-likeness (QED) is 0.602. The van der Waals surface area contributed by atoms with Gasteiger partial charge >= 0.3 is 0 Å². The van der Waals surface area contributed by atoms with E-state index in [9.17, 15) is 0 Å². The average molecular weight is 389 g/mol. The van der Waals surface area contributed by atoms with Crippen LogP contribution in [0.1, 0.15) is 11.1 Å². The van der Waals surface area contributed by atoms with Crippen molar-refractivity contribution >= 4 is 15.9 Å². The number of hydrogen-bond acceptors (Lipinski definition) is 3. The maximum absolute atomic E-state index is 5.08. The average Bonchev–Trinajstić information content (AvgIpc) is 3.16. The zero-order valence-corrected chi connectivity index (χ0v) is 15.4. The van der Waals surface area contributed by atoms with Gasteiger partial charge < -0.3 is 9.47 Å². The first-order valence-corrected chi connectivity index (χ1v) is 8.66. The summed E-state index contributed by atoms with van der Waals surface area (Å²) in [6.07, 6.45) is 3.73. The Labute approximate surface area is 151 Å². The van der Waals surface area contributed by atoms with E-state index in [0.717, 1.165) is 23.4 Å². The molecule has 0 aliphatic carbocycles. The Morgan fingerprint density at radius 2 is 1.42 bits per heavy atom. The Balaban J connectivity index is 0.000000185. The predicted molar refractivity (Wildman–Crippen MR) is 99.9 cm³/mol. The molecule has 3 aromatic rings. The van der Waals surface area contributed by atoms with Gasteiger partial charge in [-0.25, -0.2) is 0 Å². The highest BCUT2D eigenvalue weighted by Crippen LogP contribution is 2.13. The summed E-state index contributed by atoms with van der Waals surface area (Å²) in [4.78, 5) is 0. The maximum atomic E-state index is 5.08. The zero-order chi connectivity index (χ0) is 17.2. The van der Waals surface area contributed by atoms with Crippen LogP contribution < -0.4 is 9.47 Å². The van der Waals surface area contributed by atoms with Gasteiger partial charge in [-0.2, -0.15) is 5.10 Å². The number of benzene rings is 2. The summed E-state index contributed by atoms with van der Waals surface area (Å²) in [5.41, 5.74) is 2.48. The van der Waals surface area contributed by atoms with Crippen molar-refractivity contribution in [2.24, 2.45) is 0 Å². The van der Waals surface area contributed by atoms with Crippen LogP contribution in [0, 0.1) is 0 Å². The van der Waals surface area contributed by atoms with Gasteiger partial charge in [-0.15, -0.1) is 0 Å². The molecule has 0 spiro atoms. The van der Waals surface area contributed by atoms with E-state index >= 15 is 0 Å². The van der Waals surface area contributed by atoms with Crippen molar-refractivity contribution < 1.29 is 9.47 Å². The van der Waals surface area contributed by atoms with Crippen molar-refractivity contribution in [3.8, 4) is 11.5 Å². The molecule has 24 heavy (non-hydrogen) atoms. The molecule has 126 valence electrons. The zero-order valence-electron chi connectivity index (χ0n) is 13.9. The summed E-state index contributed by atoms with van der Waals surface area (Å²) >= 11 is 3.36. The molecule has 5 heteroatoms. The number of nitrogens with zero attached hydrogens (tertiary/aromatic N) is 2. The normalized spacial score (nSPS) is 9.79. The van der Waals surface area contributed by atoms with Crippen LogP contribution in [-0.4, -0.2) is 24.0 Å². The number of aromatic nitrogens is 2. The smallest absolute Gasteiger partial charge is 0.118 e. The summed E-state index contributed by atoms with van der Waals surface area (Å²) in [5, 5.41) is 5.04. The Morgan fingerprint density at radius 3 is 1.83 bits per heavy atom. The number of methoxy groups -OCH3 is 2. The lowest BCUT2D eigenvalue weighted by Crippen LogP contribution is -1.99. The molecule has 4 nitrogen and oxygen atoms in total. The molecule has 0 unspecified atom stereocenters. The largest absolute Gasteiger partial charge is 0.497 e. The fraction of sp³-hybridized carbons (Fsp3) is 0.211. The van der Waals surface area contributed by atoms with Gasteiger partial charge in [-0.3, -0.25) is 4.68 Å². The number of alkyl halides is 1. The molecule has 0 aliphatic heterocycles. The topological polar surface area (TPSA) is 36.3 Å². The minimum absolute atomic E-state index is 0.803. The van der Waals surface area contributed by atoms with Gasteiger partial charge in [0.15, 0.2) is 0 Å². The van der Waals surface area contributed by atoms with Crippen LogP contribution in [0.2, 0.25) is 0 Å². The number of halogens is 1. The second-order valence-corrected chi connectivity index (χ2v) is 5.59. The Hall–Kier alpha value is -2.27. The highest BCUT2D eigenvalue weighted by atomic mass is 79.9. The fourth-order valence-electron chi connectivity index (χ4n) is 2.03. The van der Waals surface area contributed by atoms with Crippen molar-refractivity contribution in [2.75, 3.05) is 14.2 Å². The lowest BCUT2D eigenvalue weighted by Gasteiger charge is -2.03.